The third-order valence-corrected chi connectivity index (χ3v) is 5.65. The predicted octanol–water partition coefficient (Wildman–Crippen LogP) is 3.07. The van der Waals surface area contributed by atoms with Crippen LogP contribution in [0.15, 0.2) is 33.5 Å². The molecular weight excluding hydrogens is 370 g/mol. The van der Waals surface area contributed by atoms with Crippen molar-refractivity contribution in [3.8, 4) is 5.75 Å². The number of fused-ring (bicyclic) bond motifs is 1. The highest BCUT2D eigenvalue weighted by Gasteiger charge is 2.35. The van der Waals surface area contributed by atoms with E-state index in [2.05, 4.69) is 5.10 Å². The van der Waals surface area contributed by atoms with Crippen LogP contribution >= 0.6 is 0 Å². The highest BCUT2D eigenvalue weighted by Crippen LogP contribution is 2.27. The number of benzene rings is 1. The molecule has 0 bridgehead atoms. The average Bonchev–Trinajstić information content (AvgIpc) is 2.96. The van der Waals surface area contributed by atoms with E-state index in [4.69, 9.17) is 9.15 Å². The molecule has 1 fully saturated rings. The fourth-order valence-corrected chi connectivity index (χ4v) is 3.82. The Kier molecular flexibility index (Phi) is 4.68. The molecule has 1 aliphatic rings. The summed E-state index contributed by atoms with van der Waals surface area (Å²) < 4.78 is 13.2. The second kappa shape index (κ2) is 7.06. The van der Waals surface area contributed by atoms with Crippen LogP contribution in [0.4, 0.5) is 0 Å². The number of carbonyl (C=O) groups is 1. The van der Waals surface area contributed by atoms with Crippen molar-refractivity contribution in [2.75, 3.05) is 13.1 Å². The van der Waals surface area contributed by atoms with E-state index in [1.165, 1.54) is 0 Å². The number of rotatable bonds is 4. The van der Waals surface area contributed by atoms with Crippen LogP contribution in [0, 0.1) is 27.7 Å². The van der Waals surface area contributed by atoms with Gasteiger partial charge in [0.05, 0.1) is 11.7 Å². The third kappa shape index (κ3) is 3.41. The smallest absolute Gasteiger partial charge is 0.339 e. The molecule has 1 unspecified atom stereocenters. The molecule has 7 nitrogen and oxygen atoms in total. The van der Waals surface area contributed by atoms with E-state index in [0.717, 1.165) is 22.3 Å². The Bertz CT molecular complexity index is 1150. The van der Waals surface area contributed by atoms with E-state index in [1.807, 2.05) is 37.6 Å². The number of nitrogens with zero attached hydrogens (tertiary/aromatic N) is 3. The second-order valence-electron chi connectivity index (χ2n) is 7.83. The van der Waals surface area contributed by atoms with Gasteiger partial charge in [0.2, 0.25) is 0 Å². The number of hydrogen-bond acceptors (Lipinski definition) is 5. The van der Waals surface area contributed by atoms with Crippen molar-refractivity contribution in [1.82, 2.24) is 14.7 Å². The first-order chi connectivity index (χ1) is 13.7. The second-order valence-corrected chi connectivity index (χ2v) is 7.83. The number of ether oxygens (including phenoxy) is 1. The van der Waals surface area contributed by atoms with Crippen LogP contribution in [0.5, 0.6) is 5.75 Å². The van der Waals surface area contributed by atoms with Gasteiger partial charge in [-0.15, -0.1) is 0 Å². The van der Waals surface area contributed by atoms with Crippen LogP contribution in [-0.4, -0.2) is 39.8 Å². The summed E-state index contributed by atoms with van der Waals surface area (Å²) in [5.41, 5.74) is 3.69. The summed E-state index contributed by atoms with van der Waals surface area (Å²) in [7, 11) is 0. The Morgan fingerprint density at radius 2 is 1.90 bits per heavy atom. The van der Waals surface area contributed by atoms with Crippen LogP contribution in [0.25, 0.3) is 11.0 Å². The molecule has 2 aromatic heterocycles. The summed E-state index contributed by atoms with van der Waals surface area (Å²) in [5.74, 6) is 0.435. The molecule has 152 valence electrons. The van der Waals surface area contributed by atoms with Gasteiger partial charge in [0.25, 0.3) is 5.91 Å². The van der Waals surface area contributed by atoms with Crippen LogP contribution < -0.4 is 10.4 Å². The molecule has 4 rings (SSSR count). The van der Waals surface area contributed by atoms with Gasteiger partial charge in [0, 0.05) is 35.8 Å². The molecule has 1 atom stereocenters. The summed E-state index contributed by atoms with van der Waals surface area (Å²) in [6, 6.07) is 7.57. The van der Waals surface area contributed by atoms with E-state index >= 15 is 0 Å². The van der Waals surface area contributed by atoms with E-state index in [9.17, 15) is 9.59 Å². The number of carbonyl (C=O) groups excluding carboxylic acids is 1. The highest BCUT2D eigenvalue weighted by atomic mass is 16.5. The minimum Gasteiger partial charge on any atom is -0.481 e. The van der Waals surface area contributed by atoms with E-state index in [0.29, 0.717) is 30.0 Å². The lowest BCUT2D eigenvalue weighted by atomic mass is 10.1. The minimum absolute atomic E-state index is 0.0654. The van der Waals surface area contributed by atoms with Crippen molar-refractivity contribution in [3.05, 3.63) is 57.2 Å². The molecule has 3 aromatic rings. The van der Waals surface area contributed by atoms with Crippen molar-refractivity contribution in [3.63, 3.8) is 0 Å². The van der Waals surface area contributed by atoms with Crippen LogP contribution in [0.2, 0.25) is 0 Å². The monoisotopic (exact) mass is 395 g/mol. The average molecular weight is 395 g/mol. The molecule has 0 N–H and O–H groups in total. The van der Waals surface area contributed by atoms with Crippen molar-refractivity contribution in [2.45, 2.75) is 46.8 Å². The quantitative estimate of drug-likeness (QED) is 0.635. The number of hydrogen-bond donors (Lipinski definition) is 0. The van der Waals surface area contributed by atoms with Gasteiger partial charge in [-0.25, -0.2) is 4.79 Å². The normalized spacial score (nSPS) is 15.4. The van der Waals surface area contributed by atoms with Gasteiger partial charge in [-0.2, -0.15) is 5.10 Å². The van der Waals surface area contributed by atoms with Gasteiger partial charge in [0.1, 0.15) is 11.3 Å². The Hall–Kier alpha value is -3.09. The molecular formula is C22H25N3O4. The fourth-order valence-electron chi connectivity index (χ4n) is 3.82. The first kappa shape index (κ1) is 19.2. The van der Waals surface area contributed by atoms with Crippen molar-refractivity contribution >= 4 is 16.9 Å². The Morgan fingerprint density at radius 1 is 1.17 bits per heavy atom. The molecule has 1 saturated heterocycles. The van der Waals surface area contributed by atoms with E-state index in [1.54, 1.807) is 30.9 Å². The van der Waals surface area contributed by atoms with Crippen LogP contribution in [0.1, 0.15) is 35.5 Å². The summed E-state index contributed by atoms with van der Waals surface area (Å²) in [5, 5.41) is 5.36. The molecule has 1 aromatic carbocycles. The largest absolute Gasteiger partial charge is 0.481 e. The van der Waals surface area contributed by atoms with E-state index in [-0.39, 0.29) is 17.6 Å². The molecule has 29 heavy (non-hydrogen) atoms. The van der Waals surface area contributed by atoms with Gasteiger partial charge in [-0.3, -0.25) is 9.48 Å². The molecule has 0 spiro atoms. The molecule has 0 radical (unpaired) electrons. The summed E-state index contributed by atoms with van der Waals surface area (Å²) in [6.07, 6.45) is -0.632. The lowest BCUT2D eigenvalue weighted by molar-refractivity contribution is -0.144. The fraction of sp³-hybridized carbons (Fsp3) is 0.409. The maximum atomic E-state index is 12.7. The predicted molar refractivity (Wildman–Crippen MR) is 109 cm³/mol. The zero-order chi connectivity index (χ0) is 20.9. The summed E-state index contributed by atoms with van der Waals surface area (Å²) in [6.45, 7) is 10.6. The molecule has 7 heteroatoms. The number of aryl methyl sites for hydroxylation is 3. The Morgan fingerprint density at radius 3 is 2.55 bits per heavy atom. The highest BCUT2D eigenvalue weighted by molar-refractivity contribution is 5.83. The van der Waals surface area contributed by atoms with Crippen LogP contribution in [0.3, 0.4) is 0 Å². The lowest BCUT2D eigenvalue weighted by Crippen LogP contribution is -2.54. The summed E-state index contributed by atoms with van der Waals surface area (Å²) >= 11 is 0. The van der Waals surface area contributed by atoms with Gasteiger partial charge in [-0.1, -0.05) is 0 Å². The summed E-state index contributed by atoms with van der Waals surface area (Å²) in [4.78, 5) is 26.4. The maximum absolute atomic E-state index is 12.7. The molecule has 3 heterocycles. The van der Waals surface area contributed by atoms with E-state index < -0.39 is 6.10 Å². The molecule has 0 saturated carbocycles. The lowest BCUT2D eigenvalue weighted by Gasteiger charge is -2.40. The van der Waals surface area contributed by atoms with Crippen molar-refractivity contribution < 1.29 is 13.9 Å². The molecule has 0 aliphatic carbocycles. The van der Waals surface area contributed by atoms with Gasteiger partial charge < -0.3 is 14.1 Å². The Balaban J connectivity index is 1.43. The first-order valence-corrected chi connectivity index (χ1v) is 9.77. The zero-order valence-electron chi connectivity index (χ0n) is 17.4. The SMILES string of the molecule is Cc1cc(C)n(C2CN(C(=O)C(C)Oc3ccc4c(C)c(C)c(=O)oc4c3)C2)n1. The van der Waals surface area contributed by atoms with Gasteiger partial charge in [-0.05, 0) is 58.4 Å². The van der Waals surface area contributed by atoms with Crippen molar-refractivity contribution in [2.24, 2.45) is 0 Å². The van der Waals surface area contributed by atoms with Gasteiger partial charge >= 0.3 is 5.63 Å². The zero-order valence-corrected chi connectivity index (χ0v) is 17.4. The number of likely N-dealkylation sites (tertiary alicyclic amines) is 1. The standard InChI is InChI=1S/C22H25N3O4/c1-12-8-13(2)25(23-12)17-10-24(11-17)21(26)16(5)28-18-6-7-19-14(3)15(4)22(27)29-20(19)9-18/h6-9,16-17H,10-11H2,1-5H3. The number of amides is 1. The number of aromatic nitrogens is 2. The minimum atomic E-state index is -0.632. The third-order valence-electron chi connectivity index (χ3n) is 5.65. The van der Waals surface area contributed by atoms with Crippen LogP contribution in [-0.2, 0) is 4.79 Å². The van der Waals surface area contributed by atoms with Gasteiger partial charge in [0.15, 0.2) is 6.10 Å². The molecule has 1 amide bonds. The molecule has 1 aliphatic heterocycles. The first-order valence-electron chi connectivity index (χ1n) is 9.77. The topological polar surface area (TPSA) is 77.6 Å². The Labute approximate surface area is 168 Å². The maximum Gasteiger partial charge on any atom is 0.339 e. The van der Waals surface area contributed by atoms with Crippen molar-refractivity contribution in [1.29, 1.82) is 0 Å².